The summed E-state index contributed by atoms with van der Waals surface area (Å²) in [6.07, 6.45) is 6.03. The highest BCUT2D eigenvalue weighted by Crippen LogP contribution is 2.44. The Bertz CT molecular complexity index is 563. The standard InChI is InChI=1S/C16H18BrNO2/c17-10-14-11-18-15(20-14)16(19,13-8-4-5-9-13)12-6-2-1-3-7-12/h1-3,6-7,11,13,19H,4-5,8-10H2/t16-/m0/s1. The summed E-state index contributed by atoms with van der Waals surface area (Å²) in [6.45, 7) is 0. The van der Waals surface area contributed by atoms with Crippen LogP contribution >= 0.6 is 15.9 Å². The van der Waals surface area contributed by atoms with Gasteiger partial charge in [-0.2, -0.15) is 0 Å². The number of nitrogens with zero attached hydrogens (tertiary/aromatic N) is 1. The average Bonchev–Trinajstić information content (AvgIpc) is 3.19. The van der Waals surface area contributed by atoms with Crippen LogP contribution in [0.5, 0.6) is 0 Å². The maximum Gasteiger partial charge on any atom is 0.231 e. The van der Waals surface area contributed by atoms with Gasteiger partial charge >= 0.3 is 0 Å². The summed E-state index contributed by atoms with van der Waals surface area (Å²) in [6, 6.07) is 9.76. The predicted octanol–water partition coefficient (Wildman–Crippen LogP) is 4.00. The summed E-state index contributed by atoms with van der Waals surface area (Å²) in [4.78, 5) is 4.33. The SMILES string of the molecule is O[C@](c1ccccc1)(c1ncc(CBr)o1)C1CCCC1. The maximum absolute atomic E-state index is 11.4. The molecular weight excluding hydrogens is 318 g/mol. The fourth-order valence-corrected chi connectivity index (χ4v) is 3.37. The van der Waals surface area contributed by atoms with Gasteiger partial charge in [0, 0.05) is 5.92 Å². The predicted molar refractivity (Wildman–Crippen MR) is 80.5 cm³/mol. The molecule has 1 atom stereocenters. The Morgan fingerprint density at radius 1 is 1.25 bits per heavy atom. The maximum atomic E-state index is 11.4. The molecule has 1 aliphatic carbocycles. The fraction of sp³-hybridized carbons (Fsp3) is 0.438. The van der Waals surface area contributed by atoms with Crippen molar-refractivity contribution in [2.45, 2.75) is 36.6 Å². The molecular formula is C16H18BrNO2. The Kier molecular flexibility index (Phi) is 3.94. The smallest absolute Gasteiger partial charge is 0.231 e. The highest BCUT2D eigenvalue weighted by Gasteiger charge is 2.45. The van der Waals surface area contributed by atoms with Crippen LogP contribution in [0, 0.1) is 5.92 Å². The van der Waals surface area contributed by atoms with E-state index in [0.29, 0.717) is 11.2 Å². The number of benzene rings is 1. The van der Waals surface area contributed by atoms with E-state index in [9.17, 15) is 5.11 Å². The second-order valence-electron chi connectivity index (χ2n) is 5.38. The molecule has 0 amide bonds. The van der Waals surface area contributed by atoms with Crippen LogP contribution in [0.15, 0.2) is 40.9 Å². The number of aliphatic hydroxyl groups is 1. The molecule has 1 aromatic heterocycles. The quantitative estimate of drug-likeness (QED) is 0.859. The van der Waals surface area contributed by atoms with Gasteiger partial charge in [-0.3, -0.25) is 0 Å². The van der Waals surface area contributed by atoms with Gasteiger partial charge < -0.3 is 9.52 Å². The monoisotopic (exact) mass is 335 g/mol. The van der Waals surface area contributed by atoms with Gasteiger partial charge in [-0.15, -0.1) is 0 Å². The summed E-state index contributed by atoms with van der Waals surface area (Å²) < 4.78 is 5.76. The van der Waals surface area contributed by atoms with Crippen LogP contribution in [0.2, 0.25) is 0 Å². The molecule has 4 heteroatoms. The van der Waals surface area contributed by atoms with Gasteiger partial charge in [-0.05, 0) is 18.4 Å². The van der Waals surface area contributed by atoms with Gasteiger partial charge in [0.05, 0.1) is 11.5 Å². The third-order valence-corrected chi connectivity index (χ3v) is 4.72. The Morgan fingerprint density at radius 2 is 1.95 bits per heavy atom. The number of hydrogen-bond donors (Lipinski definition) is 1. The highest BCUT2D eigenvalue weighted by atomic mass is 79.9. The zero-order chi connectivity index (χ0) is 14.0. The number of rotatable bonds is 4. The third-order valence-electron chi connectivity index (χ3n) is 4.17. The first kappa shape index (κ1) is 13.8. The molecule has 1 aromatic carbocycles. The molecule has 106 valence electrons. The molecule has 1 fully saturated rings. The van der Waals surface area contributed by atoms with Crippen LogP contribution in [-0.4, -0.2) is 10.1 Å². The number of aromatic nitrogens is 1. The van der Waals surface area contributed by atoms with E-state index in [-0.39, 0.29) is 5.92 Å². The van der Waals surface area contributed by atoms with E-state index in [4.69, 9.17) is 4.42 Å². The Labute approximate surface area is 127 Å². The zero-order valence-electron chi connectivity index (χ0n) is 11.3. The summed E-state index contributed by atoms with van der Waals surface area (Å²) in [5.41, 5.74) is -0.243. The normalized spacial score (nSPS) is 19.1. The largest absolute Gasteiger partial charge is 0.441 e. The number of hydrogen-bond acceptors (Lipinski definition) is 3. The number of alkyl halides is 1. The van der Waals surface area contributed by atoms with E-state index < -0.39 is 5.60 Å². The van der Waals surface area contributed by atoms with Crippen LogP contribution in [-0.2, 0) is 10.9 Å². The summed E-state index contributed by atoms with van der Waals surface area (Å²) >= 11 is 3.36. The van der Waals surface area contributed by atoms with Gasteiger partial charge in [0.25, 0.3) is 0 Å². The molecule has 0 unspecified atom stereocenters. The van der Waals surface area contributed by atoms with E-state index in [1.165, 1.54) is 0 Å². The van der Waals surface area contributed by atoms with Crippen molar-refractivity contribution in [2.75, 3.05) is 0 Å². The van der Waals surface area contributed by atoms with Crippen LogP contribution in [0.25, 0.3) is 0 Å². The first-order valence-corrected chi connectivity index (χ1v) is 8.16. The molecule has 1 saturated carbocycles. The lowest BCUT2D eigenvalue weighted by Crippen LogP contribution is -2.35. The fourth-order valence-electron chi connectivity index (χ4n) is 3.12. The molecule has 0 bridgehead atoms. The molecule has 0 radical (unpaired) electrons. The van der Waals surface area contributed by atoms with E-state index in [1.807, 2.05) is 30.3 Å². The van der Waals surface area contributed by atoms with E-state index in [2.05, 4.69) is 20.9 Å². The van der Waals surface area contributed by atoms with Crippen LogP contribution < -0.4 is 0 Å². The molecule has 20 heavy (non-hydrogen) atoms. The second-order valence-corrected chi connectivity index (χ2v) is 5.94. The number of halogens is 1. The van der Waals surface area contributed by atoms with Crippen molar-refractivity contribution in [3.63, 3.8) is 0 Å². The van der Waals surface area contributed by atoms with Crippen molar-refractivity contribution >= 4 is 15.9 Å². The molecule has 0 aliphatic heterocycles. The Hall–Kier alpha value is -1.13. The lowest BCUT2D eigenvalue weighted by Gasteiger charge is -2.31. The van der Waals surface area contributed by atoms with Crippen molar-refractivity contribution in [3.8, 4) is 0 Å². The lowest BCUT2D eigenvalue weighted by atomic mass is 9.80. The molecule has 3 rings (SSSR count). The molecule has 1 N–H and O–H groups in total. The first-order valence-electron chi connectivity index (χ1n) is 7.04. The van der Waals surface area contributed by atoms with Crippen molar-refractivity contribution in [2.24, 2.45) is 5.92 Å². The van der Waals surface area contributed by atoms with Crippen molar-refractivity contribution in [1.29, 1.82) is 0 Å². The molecule has 3 nitrogen and oxygen atoms in total. The van der Waals surface area contributed by atoms with Gasteiger partial charge in [0.1, 0.15) is 5.76 Å². The van der Waals surface area contributed by atoms with Crippen molar-refractivity contribution in [3.05, 3.63) is 53.7 Å². The second kappa shape index (κ2) is 5.70. The Balaban J connectivity index is 2.07. The topological polar surface area (TPSA) is 46.3 Å². The first-order chi connectivity index (χ1) is 9.75. The highest BCUT2D eigenvalue weighted by molar-refractivity contribution is 9.08. The minimum absolute atomic E-state index is 0.173. The summed E-state index contributed by atoms with van der Waals surface area (Å²) in [7, 11) is 0. The van der Waals surface area contributed by atoms with E-state index in [1.54, 1.807) is 6.20 Å². The molecule has 1 heterocycles. The van der Waals surface area contributed by atoms with Gasteiger partial charge in [0.15, 0.2) is 5.60 Å². The third kappa shape index (κ3) is 2.31. The van der Waals surface area contributed by atoms with E-state index >= 15 is 0 Å². The van der Waals surface area contributed by atoms with Crippen LogP contribution in [0.4, 0.5) is 0 Å². The molecule has 2 aromatic rings. The van der Waals surface area contributed by atoms with Gasteiger partial charge in [-0.25, -0.2) is 4.98 Å². The van der Waals surface area contributed by atoms with E-state index in [0.717, 1.165) is 37.0 Å². The van der Waals surface area contributed by atoms with Gasteiger partial charge in [0.2, 0.25) is 5.89 Å². The van der Waals surface area contributed by atoms with Crippen LogP contribution in [0.3, 0.4) is 0 Å². The minimum Gasteiger partial charge on any atom is -0.441 e. The van der Waals surface area contributed by atoms with Crippen LogP contribution in [0.1, 0.15) is 42.9 Å². The molecule has 0 spiro atoms. The zero-order valence-corrected chi connectivity index (χ0v) is 12.8. The Morgan fingerprint density at radius 3 is 2.55 bits per heavy atom. The van der Waals surface area contributed by atoms with Crippen molar-refractivity contribution in [1.82, 2.24) is 4.98 Å². The minimum atomic E-state index is -1.11. The lowest BCUT2D eigenvalue weighted by molar-refractivity contribution is -0.00658. The average molecular weight is 336 g/mol. The van der Waals surface area contributed by atoms with Crippen molar-refractivity contribution < 1.29 is 9.52 Å². The summed E-state index contributed by atoms with van der Waals surface area (Å²) in [5, 5.41) is 12.0. The molecule has 0 saturated heterocycles. The number of oxazole rings is 1. The van der Waals surface area contributed by atoms with Gasteiger partial charge in [-0.1, -0.05) is 59.1 Å². The molecule has 1 aliphatic rings. The summed E-state index contributed by atoms with van der Waals surface area (Å²) in [5.74, 6) is 1.34.